The predicted molar refractivity (Wildman–Crippen MR) is 81.0 cm³/mol. The lowest BCUT2D eigenvalue weighted by molar-refractivity contribution is -0.117. The van der Waals surface area contributed by atoms with Crippen LogP contribution in [0.4, 0.5) is 5.69 Å². The van der Waals surface area contributed by atoms with Crippen molar-refractivity contribution in [2.24, 2.45) is 0 Å². The highest BCUT2D eigenvalue weighted by atomic mass is 16.5. The van der Waals surface area contributed by atoms with Crippen LogP contribution in [0.15, 0.2) is 28.8 Å². The molecule has 6 heteroatoms. The summed E-state index contributed by atoms with van der Waals surface area (Å²) < 4.78 is 10.4. The molecule has 0 saturated carbocycles. The quantitative estimate of drug-likeness (QED) is 0.849. The number of anilines is 1. The second-order valence-electron chi connectivity index (χ2n) is 5.40. The van der Waals surface area contributed by atoms with Gasteiger partial charge in [-0.15, -0.1) is 0 Å². The fraction of sp³-hybridized carbons (Fsp3) is 0.438. The highest BCUT2D eigenvalue weighted by Crippen LogP contribution is 2.31. The summed E-state index contributed by atoms with van der Waals surface area (Å²) in [5.41, 5.74) is 0.866. The van der Waals surface area contributed by atoms with Crippen LogP contribution in [-0.4, -0.2) is 29.7 Å². The summed E-state index contributed by atoms with van der Waals surface area (Å²) >= 11 is 0. The standard InChI is InChI=1S/C16H19N3O3/c1-3-4-14-17-16(18-22-14)11-9-15(20)19(10-11)12-5-7-13(21-2)8-6-12/h5-8,11H,3-4,9-10H2,1-2H3/t11-/m1/s1. The van der Waals surface area contributed by atoms with Crippen LogP contribution in [0.25, 0.3) is 0 Å². The van der Waals surface area contributed by atoms with E-state index in [0.29, 0.717) is 24.7 Å². The van der Waals surface area contributed by atoms with Crippen LogP contribution in [0.3, 0.4) is 0 Å². The summed E-state index contributed by atoms with van der Waals surface area (Å²) in [7, 11) is 1.62. The summed E-state index contributed by atoms with van der Waals surface area (Å²) in [6.45, 7) is 2.64. The van der Waals surface area contributed by atoms with Crippen molar-refractivity contribution in [3.8, 4) is 5.75 Å². The number of hydrogen-bond donors (Lipinski definition) is 0. The first kappa shape index (κ1) is 14.6. The van der Waals surface area contributed by atoms with Gasteiger partial charge in [-0.1, -0.05) is 12.1 Å². The molecule has 3 rings (SSSR count). The van der Waals surface area contributed by atoms with E-state index in [4.69, 9.17) is 9.26 Å². The molecule has 0 unspecified atom stereocenters. The molecule has 0 radical (unpaired) electrons. The largest absolute Gasteiger partial charge is 0.497 e. The van der Waals surface area contributed by atoms with Crippen molar-refractivity contribution >= 4 is 11.6 Å². The fourth-order valence-electron chi connectivity index (χ4n) is 2.64. The first-order chi connectivity index (χ1) is 10.7. The Labute approximate surface area is 129 Å². The van der Waals surface area contributed by atoms with E-state index in [0.717, 1.165) is 24.3 Å². The van der Waals surface area contributed by atoms with Crippen LogP contribution in [-0.2, 0) is 11.2 Å². The molecular formula is C16H19N3O3. The van der Waals surface area contributed by atoms with Gasteiger partial charge in [0.05, 0.1) is 7.11 Å². The van der Waals surface area contributed by atoms with Gasteiger partial charge in [0.25, 0.3) is 0 Å². The third-order valence-corrected chi connectivity index (χ3v) is 3.82. The first-order valence-corrected chi connectivity index (χ1v) is 7.48. The Hall–Kier alpha value is -2.37. The van der Waals surface area contributed by atoms with Crippen molar-refractivity contribution in [2.45, 2.75) is 32.1 Å². The Morgan fingerprint density at radius 2 is 2.14 bits per heavy atom. The zero-order valence-electron chi connectivity index (χ0n) is 12.8. The number of ether oxygens (including phenoxy) is 1. The van der Waals surface area contributed by atoms with Gasteiger partial charge in [0.1, 0.15) is 5.75 Å². The second-order valence-corrected chi connectivity index (χ2v) is 5.40. The van der Waals surface area contributed by atoms with Gasteiger partial charge in [0.15, 0.2) is 5.82 Å². The Bertz CT molecular complexity index is 651. The average molecular weight is 301 g/mol. The molecule has 1 aromatic carbocycles. The zero-order valence-corrected chi connectivity index (χ0v) is 12.8. The molecule has 1 aliphatic rings. The number of benzene rings is 1. The van der Waals surface area contributed by atoms with Crippen LogP contribution < -0.4 is 9.64 Å². The molecule has 0 bridgehead atoms. The number of carbonyl (C=O) groups excluding carboxylic acids is 1. The van der Waals surface area contributed by atoms with Gasteiger partial charge in [-0.25, -0.2) is 0 Å². The lowest BCUT2D eigenvalue weighted by atomic mass is 10.1. The monoisotopic (exact) mass is 301 g/mol. The lowest BCUT2D eigenvalue weighted by Crippen LogP contribution is -2.24. The molecule has 116 valence electrons. The number of nitrogens with zero attached hydrogens (tertiary/aromatic N) is 3. The molecule has 1 aromatic heterocycles. The van der Waals surface area contributed by atoms with E-state index >= 15 is 0 Å². The van der Waals surface area contributed by atoms with E-state index in [1.807, 2.05) is 24.3 Å². The molecule has 0 spiro atoms. The molecule has 1 saturated heterocycles. The summed E-state index contributed by atoms with van der Waals surface area (Å²) in [5, 5.41) is 4.02. The maximum absolute atomic E-state index is 12.3. The maximum atomic E-state index is 12.3. The number of methoxy groups -OCH3 is 1. The van der Waals surface area contributed by atoms with Crippen molar-refractivity contribution in [1.29, 1.82) is 0 Å². The molecule has 1 amide bonds. The van der Waals surface area contributed by atoms with Crippen LogP contribution in [0, 0.1) is 0 Å². The lowest BCUT2D eigenvalue weighted by Gasteiger charge is -2.16. The van der Waals surface area contributed by atoms with E-state index in [9.17, 15) is 4.79 Å². The third-order valence-electron chi connectivity index (χ3n) is 3.82. The molecule has 1 aliphatic heterocycles. The number of hydrogen-bond acceptors (Lipinski definition) is 5. The molecular weight excluding hydrogens is 282 g/mol. The van der Waals surface area contributed by atoms with Gasteiger partial charge >= 0.3 is 0 Å². The highest BCUT2D eigenvalue weighted by molar-refractivity contribution is 5.96. The summed E-state index contributed by atoms with van der Waals surface area (Å²) in [4.78, 5) is 18.4. The minimum atomic E-state index is -0.0102. The molecule has 1 atom stereocenters. The topological polar surface area (TPSA) is 68.5 Å². The molecule has 0 N–H and O–H groups in total. The van der Waals surface area contributed by atoms with Crippen molar-refractivity contribution in [1.82, 2.24) is 10.1 Å². The third kappa shape index (κ3) is 2.81. The van der Waals surface area contributed by atoms with E-state index in [-0.39, 0.29) is 11.8 Å². The van der Waals surface area contributed by atoms with E-state index in [1.54, 1.807) is 12.0 Å². The van der Waals surface area contributed by atoms with E-state index in [2.05, 4.69) is 17.1 Å². The molecule has 0 aliphatic carbocycles. The SMILES string of the molecule is CCCc1nc([C@@H]2CC(=O)N(c3ccc(OC)cc3)C2)no1. The van der Waals surface area contributed by atoms with Gasteiger partial charge in [0.2, 0.25) is 11.8 Å². The van der Waals surface area contributed by atoms with Gasteiger partial charge in [0, 0.05) is 31.0 Å². The highest BCUT2D eigenvalue weighted by Gasteiger charge is 2.34. The Balaban J connectivity index is 1.74. The maximum Gasteiger partial charge on any atom is 0.227 e. The minimum Gasteiger partial charge on any atom is -0.497 e. The number of carbonyl (C=O) groups is 1. The van der Waals surface area contributed by atoms with E-state index in [1.165, 1.54) is 0 Å². The Kier molecular flexibility index (Phi) is 4.09. The van der Waals surface area contributed by atoms with Crippen molar-refractivity contribution in [3.63, 3.8) is 0 Å². The molecule has 6 nitrogen and oxygen atoms in total. The number of rotatable bonds is 5. The van der Waals surface area contributed by atoms with Gasteiger partial charge in [-0.05, 0) is 30.7 Å². The predicted octanol–water partition coefficient (Wildman–Crippen LogP) is 2.55. The average Bonchev–Trinajstić information content (AvgIpc) is 3.14. The Morgan fingerprint density at radius 3 is 2.82 bits per heavy atom. The molecule has 1 fully saturated rings. The smallest absolute Gasteiger partial charge is 0.227 e. The second kappa shape index (κ2) is 6.17. The van der Waals surface area contributed by atoms with E-state index < -0.39 is 0 Å². The van der Waals surface area contributed by atoms with Gasteiger partial charge in [-0.2, -0.15) is 4.98 Å². The van der Waals surface area contributed by atoms with Gasteiger partial charge < -0.3 is 14.2 Å². The fourth-order valence-corrected chi connectivity index (χ4v) is 2.64. The zero-order chi connectivity index (χ0) is 15.5. The molecule has 2 aromatic rings. The van der Waals surface area contributed by atoms with Crippen LogP contribution in [0.2, 0.25) is 0 Å². The van der Waals surface area contributed by atoms with Crippen LogP contribution in [0.1, 0.15) is 37.4 Å². The number of amides is 1. The number of aryl methyl sites for hydroxylation is 1. The van der Waals surface area contributed by atoms with Crippen molar-refractivity contribution < 1.29 is 14.1 Å². The van der Waals surface area contributed by atoms with Crippen LogP contribution >= 0.6 is 0 Å². The summed E-state index contributed by atoms with van der Waals surface area (Å²) in [6.07, 6.45) is 2.15. The normalized spacial score (nSPS) is 18.0. The summed E-state index contributed by atoms with van der Waals surface area (Å²) in [6, 6.07) is 7.48. The van der Waals surface area contributed by atoms with Gasteiger partial charge in [-0.3, -0.25) is 4.79 Å². The minimum absolute atomic E-state index is 0.0102. The van der Waals surface area contributed by atoms with Crippen molar-refractivity contribution in [3.05, 3.63) is 36.0 Å². The summed E-state index contributed by atoms with van der Waals surface area (Å²) in [5.74, 6) is 2.12. The van der Waals surface area contributed by atoms with Crippen LogP contribution in [0.5, 0.6) is 5.75 Å². The molecule has 22 heavy (non-hydrogen) atoms. The Morgan fingerprint density at radius 1 is 1.36 bits per heavy atom. The number of aromatic nitrogens is 2. The first-order valence-electron chi connectivity index (χ1n) is 7.48. The van der Waals surface area contributed by atoms with Crippen molar-refractivity contribution in [2.75, 3.05) is 18.6 Å². The molecule has 2 heterocycles.